The second-order valence-corrected chi connectivity index (χ2v) is 6.13. The van der Waals surface area contributed by atoms with Crippen LogP contribution in [-0.4, -0.2) is 16.2 Å². The van der Waals surface area contributed by atoms with Gasteiger partial charge in [-0.3, -0.25) is 0 Å². The van der Waals surface area contributed by atoms with Gasteiger partial charge in [0.05, 0.1) is 0 Å². The number of aromatic hydroxyl groups is 1. The van der Waals surface area contributed by atoms with Crippen molar-refractivity contribution in [2.75, 3.05) is 0 Å². The SMILES string of the molecule is C=CC/C=C/C/C=C/CCCCCCCc1cccc(O)c1C(=O)O. The number of rotatable bonds is 13. The summed E-state index contributed by atoms with van der Waals surface area (Å²) in [5.74, 6) is -1.20. The van der Waals surface area contributed by atoms with Gasteiger partial charge in [0, 0.05) is 0 Å². The molecule has 0 bridgehead atoms. The number of carboxylic acids is 1. The fourth-order valence-corrected chi connectivity index (χ4v) is 2.73. The standard InChI is InChI=1S/C22H30O3/c1-2-3-4-5-6-7-8-9-10-11-12-13-14-16-19-17-15-18-20(23)21(19)22(24)25/h2,4-5,7-8,15,17-18,23H,1,3,6,9-14,16H2,(H,24,25)/b5-4+,8-7+. The largest absolute Gasteiger partial charge is 0.507 e. The Kier molecular flexibility index (Phi) is 10.8. The Morgan fingerprint density at radius 2 is 1.64 bits per heavy atom. The van der Waals surface area contributed by atoms with Gasteiger partial charge >= 0.3 is 5.97 Å². The van der Waals surface area contributed by atoms with E-state index in [-0.39, 0.29) is 11.3 Å². The minimum absolute atomic E-state index is 0.0507. The number of carboxylic acid groups (broad SMARTS) is 1. The second kappa shape index (κ2) is 13.1. The average Bonchev–Trinajstić information content (AvgIpc) is 2.58. The van der Waals surface area contributed by atoms with Gasteiger partial charge in [0.1, 0.15) is 11.3 Å². The van der Waals surface area contributed by atoms with Crippen molar-refractivity contribution in [3.05, 3.63) is 66.3 Å². The van der Waals surface area contributed by atoms with E-state index in [4.69, 9.17) is 0 Å². The van der Waals surface area contributed by atoms with Crippen molar-refractivity contribution in [1.29, 1.82) is 0 Å². The summed E-state index contributed by atoms with van der Waals surface area (Å²) < 4.78 is 0. The number of unbranched alkanes of at least 4 members (excludes halogenated alkanes) is 5. The lowest BCUT2D eigenvalue weighted by atomic mass is 9.99. The molecular formula is C22H30O3. The lowest BCUT2D eigenvalue weighted by Crippen LogP contribution is -2.03. The molecule has 25 heavy (non-hydrogen) atoms. The van der Waals surface area contributed by atoms with Crippen LogP contribution in [0, 0.1) is 0 Å². The Balaban J connectivity index is 2.11. The van der Waals surface area contributed by atoms with E-state index in [0.29, 0.717) is 6.42 Å². The van der Waals surface area contributed by atoms with Gasteiger partial charge in [-0.15, -0.1) is 6.58 Å². The molecule has 0 aliphatic rings. The van der Waals surface area contributed by atoms with Gasteiger partial charge in [0.2, 0.25) is 0 Å². The van der Waals surface area contributed by atoms with E-state index >= 15 is 0 Å². The quantitative estimate of drug-likeness (QED) is 0.339. The van der Waals surface area contributed by atoms with Gasteiger partial charge in [0.15, 0.2) is 0 Å². The zero-order chi connectivity index (χ0) is 18.3. The van der Waals surface area contributed by atoms with Gasteiger partial charge in [-0.25, -0.2) is 4.79 Å². The van der Waals surface area contributed by atoms with Crippen LogP contribution in [-0.2, 0) is 6.42 Å². The molecule has 0 spiro atoms. The van der Waals surface area contributed by atoms with Crippen molar-refractivity contribution in [1.82, 2.24) is 0 Å². The number of aryl methyl sites for hydroxylation is 1. The van der Waals surface area contributed by atoms with Gasteiger partial charge in [-0.05, 0) is 50.2 Å². The summed E-state index contributed by atoms with van der Waals surface area (Å²) in [6.07, 6.45) is 19.9. The minimum Gasteiger partial charge on any atom is -0.507 e. The molecular weight excluding hydrogens is 312 g/mol. The summed E-state index contributed by atoms with van der Waals surface area (Å²) in [6.45, 7) is 3.68. The third-order valence-corrected chi connectivity index (χ3v) is 4.07. The fraction of sp³-hybridized carbons (Fsp3) is 0.409. The molecule has 0 radical (unpaired) electrons. The molecule has 3 heteroatoms. The number of hydrogen-bond acceptors (Lipinski definition) is 2. The van der Waals surface area contributed by atoms with Crippen molar-refractivity contribution in [2.45, 2.75) is 57.8 Å². The highest BCUT2D eigenvalue weighted by molar-refractivity contribution is 5.92. The number of aromatic carboxylic acids is 1. The van der Waals surface area contributed by atoms with Gasteiger partial charge in [-0.2, -0.15) is 0 Å². The van der Waals surface area contributed by atoms with Crippen LogP contribution >= 0.6 is 0 Å². The summed E-state index contributed by atoms with van der Waals surface area (Å²) in [4.78, 5) is 11.2. The van der Waals surface area contributed by atoms with Crippen molar-refractivity contribution in [2.24, 2.45) is 0 Å². The van der Waals surface area contributed by atoms with Crippen LogP contribution in [0.15, 0.2) is 55.2 Å². The summed E-state index contributed by atoms with van der Waals surface area (Å²) in [5.41, 5.74) is 0.773. The van der Waals surface area contributed by atoms with E-state index in [9.17, 15) is 15.0 Å². The zero-order valence-corrected chi connectivity index (χ0v) is 15.0. The van der Waals surface area contributed by atoms with Crippen molar-refractivity contribution in [3.8, 4) is 5.75 Å². The van der Waals surface area contributed by atoms with Gasteiger partial charge in [0.25, 0.3) is 0 Å². The number of hydrogen-bond donors (Lipinski definition) is 2. The highest BCUT2D eigenvalue weighted by atomic mass is 16.4. The molecule has 1 aromatic rings. The number of phenols is 1. The van der Waals surface area contributed by atoms with Crippen LogP contribution < -0.4 is 0 Å². The molecule has 2 N–H and O–H groups in total. The lowest BCUT2D eigenvalue weighted by molar-refractivity contribution is 0.0692. The molecule has 0 aliphatic carbocycles. The predicted molar refractivity (Wildman–Crippen MR) is 104 cm³/mol. The molecule has 0 aromatic heterocycles. The first kappa shape index (κ1) is 20.8. The molecule has 0 heterocycles. The molecule has 0 saturated heterocycles. The van der Waals surface area contributed by atoms with Crippen molar-refractivity contribution < 1.29 is 15.0 Å². The maximum absolute atomic E-state index is 11.2. The second-order valence-electron chi connectivity index (χ2n) is 6.13. The van der Waals surface area contributed by atoms with Crippen LogP contribution in [0.25, 0.3) is 0 Å². The Morgan fingerprint density at radius 3 is 2.40 bits per heavy atom. The van der Waals surface area contributed by atoms with Crippen LogP contribution in [0.2, 0.25) is 0 Å². The van der Waals surface area contributed by atoms with E-state index in [2.05, 4.69) is 30.9 Å². The maximum Gasteiger partial charge on any atom is 0.339 e. The van der Waals surface area contributed by atoms with Gasteiger partial charge in [-0.1, -0.05) is 61.8 Å². The van der Waals surface area contributed by atoms with Crippen molar-refractivity contribution in [3.63, 3.8) is 0 Å². The Labute approximate surface area is 151 Å². The lowest BCUT2D eigenvalue weighted by Gasteiger charge is -2.07. The molecule has 3 nitrogen and oxygen atoms in total. The molecule has 136 valence electrons. The summed E-state index contributed by atoms with van der Waals surface area (Å²) >= 11 is 0. The summed E-state index contributed by atoms with van der Waals surface area (Å²) in [6, 6.07) is 4.92. The average molecular weight is 342 g/mol. The Bertz CT molecular complexity index is 585. The van der Waals surface area contributed by atoms with E-state index in [1.54, 1.807) is 12.1 Å². The first-order valence-electron chi connectivity index (χ1n) is 9.12. The monoisotopic (exact) mass is 342 g/mol. The molecule has 0 saturated carbocycles. The first-order chi connectivity index (χ1) is 12.2. The number of benzene rings is 1. The van der Waals surface area contributed by atoms with Crippen molar-refractivity contribution >= 4 is 5.97 Å². The highest BCUT2D eigenvalue weighted by Crippen LogP contribution is 2.23. The van der Waals surface area contributed by atoms with Gasteiger partial charge < -0.3 is 10.2 Å². The summed E-state index contributed by atoms with van der Waals surface area (Å²) in [7, 11) is 0. The third kappa shape index (κ3) is 8.94. The smallest absolute Gasteiger partial charge is 0.339 e. The van der Waals surface area contributed by atoms with E-state index < -0.39 is 5.97 Å². The van der Waals surface area contributed by atoms with E-state index in [1.165, 1.54) is 18.9 Å². The number of allylic oxidation sites excluding steroid dienone is 5. The fourth-order valence-electron chi connectivity index (χ4n) is 2.73. The maximum atomic E-state index is 11.2. The predicted octanol–water partition coefficient (Wildman–Crippen LogP) is 6.05. The number of carbonyl (C=O) groups is 1. The molecule has 0 amide bonds. The van der Waals surface area contributed by atoms with E-state index in [0.717, 1.165) is 44.1 Å². The van der Waals surface area contributed by atoms with Crippen LogP contribution in [0.1, 0.15) is 67.3 Å². The minimum atomic E-state index is -1.06. The first-order valence-corrected chi connectivity index (χ1v) is 9.12. The topological polar surface area (TPSA) is 57.5 Å². The molecule has 0 unspecified atom stereocenters. The van der Waals surface area contributed by atoms with Crippen LogP contribution in [0.4, 0.5) is 0 Å². The molecule has 0 fully saturated rings. The molecule has 1 rings (SSSR count). The van der Waals surface area contributed by atoms with E-state index in [1.807, 2.05) is 6.08 Å². The Morgan fingerprint density at radius 1 is 0.960 bits per heavy atom. The zero-order valence-electron chi connectivity index (χ0n) is 15.0. The highest BCUT2D eigenvalue weighted by Gasteiger charge is 2.14. The Hall–Kier alpha value is -2.29. The van der Waals surface area contributed by atoms with Crippen LogP contribution in [0.5, 0.6) is 5.75 Å². The molecule has 0 aliphatic heterocycles. The van der Waals surface area contributed by atoms with Crippen LogP contribution in [0.3, 0.4) is 0 Å². The molecule has 0 atom stereocenters. The normalized spacial score (nSPS) is 11.4. The third-order valence-electron chi connectivity index (χ3n) is 4.07. The molecule has 1 aromatic carbocycles. The summed E-state index contributed by atoms with van der Waals surface area (Å²) in [5, 5.41) is 18.8.